The summed E-state index contributed by atoms with van der Waals surface area (Å²) in [6.45, 7) is 17.9. The van der Waals surface area contributed by atoms with Gasteiger partial charge in [-0.15, -0.1) is 11.3 Å². The topological polar surface area (TPSA) is 82.6 Å². The second-order valence-electron chi connectivity index (χ2n) is 13.7. The minimum absolute atomic E-state index is 0.0656. The van der Waals surface area contributed by atoms with Crippen molar-refractivity contribution in [3.05, 3.63) is 72.7 Å². The lowest BCUT2D eigenvalue weighted by Gasteiger charge is -2.48. The number of ether oxygens (including phenoxy) is 1. The van der Waals surface area contributed by atoms with Crippen molar-refractivity contribution in [2.45, 2.75) is 67.0 Å². The van der Waals surface area contributed by atoms with Gasteiger partial charge >= 0.3 is 0 Å². The van der Waals surface area contributed by atoms with Crippen LogP contribution in [0.15, 0.2) is 46.9 Å². The van der Waals surface area contributed by atoms with Crippen LogP contribution in [0.5, 0.6) is 5.75 Å². The molecule has 48 heavy (non-hydrogen) atoms. The Morgan fingerprint density at radius 2 is 1.73 bits per heavy atom. The number of amides is 1. The van der Waals surface area contributed by atoms with Gasteiger partial charge in [0.15, 0.2) is 16.7 Å². The summed E-state index contributed by atoms with van der Waals surface area (Å²) in [5.74, 6) is 1.30. The number of halogens is 3. The first kappa shape index (κ1) is 36.4. The van der Waals surface area contributed by atoms with Gasteiger partial charge in [-0.1, -0.05) is 56.1 Å². The molecular formula is C36H43BrCl2N6O2S. The van der Waals surface area contributed by atoms with E-state index in [0.717, 1.165) is 56.4 Å². The SMILES string of the molecule is COc1c(Cl)nc(C)nc1Nc1cc(-c2ccc(NC(=O)Cc3cc(Br)c(C)s3)cc2)c(Cl)cc1N1C[C@@H](C)N(CC(C)(C)C)[C@@H](C)C1. The number of nitrogens with zero attached hydrogens (tertiary/aromatic N) is 4. The summed E-state index contributed by atoms with van der Waals surface area (Å²) in [6, 6.07) is 14.5. The van der Waals surface area contributed by atoms with Crippen molar-refractivity contribution >= 4 is 79.3 Å². The van der Waals surface area contributed by atoms with E-state index in [-0.39, 0.29) is 16.5 Å². The molecule has 0 bridgehead atoms. The third-order valence-corrected chi connectivity index (χ3v) is 11.0. The van der Waals surface area contributed by atoms with Gasteiger partial charge in [-0.2, -0.15) is 0 Å². The van der Waals surface area contributed by atoms with Crippen LogP contribution in [0.1, 0.15) is 50.2 Å². The maximum absolute atomic E-state index is 12.8. The molecule has 4 aromatic rings. The van der Waals surface area contributed by atoms with E-state index >= 15 is 0 Å². The van der Waals surface area contributed by atoms with Gasteiger partial charge in [-0.05, 0) is 84.9 Å². The smallest absolute Gasteiger partial charge is 0.229 e. The molecule has 2 aromatic heterocycles. The third kappa shape index (κ3) is 8.63. The quantitative estimate of drug-likeness (QED) is 0.164. The van der Waals surface area contributed by atoms with Gasteiger partial charge in [0, 0.05) is 57.2 Å². The van der Waals surface area contributed by atoms with Crippen molar-refractivity contribution in [3.63, 3.8) is 0 Å². The number of aryl methyl sites for hydroxylation is 2. The summed E-state index contributed by atoms with van der Waals surface area (Å²) >= 11 is 18.7. The maximum atomic E-state index is 12.8. The maximum Gasteiger partial charge on any atom is 0.229 e. The number of nitrogens with one attached hydrogen (secondary N) is 2. The summed E-state index contributed by atoms with van der Waals surface area (Å²) in [5, 5.41) is 7.39. The molecule has 0 aliphatic carbocycles. The highest BCUT2D eigenvalue weighted by atomic mass is 79.9. The summed E-state index contributed by atoms with van der Waals surface area (Å²) in [7, 11) is 1.55. The Morgan fingerprint density at radius 3 is 2.31 bits per heavy atom. The number of thiophene rings is 1. The average Bonchev–Trinajstić information content (AvgIpc) is 3.31. The fourth-order valence-corrected chi connectivity index (χ4v) is 8.34. The lowest BCUT2D eigenvalue weighted by atomic mass is 9.93. The zero-order chi connectivity index (χ0) is 34.9. The highest BCUT2D eigenvalue weighted by molar-refractivity contribution is 9.10. The first-order valence-electron chi connectivity index (χ1n) is 16.0. The molecule has 0 unspecified atom stereocenters. The molecule has 1 aliphatic rings. The molecule has 0 spiro atoms. The molecule has 1 saturated heterocycles. The Bertz CT molecular complexity index is 1760. The number of carbonyl (C=O) groups is 1. The predicted octanol–water partition coefficient (Wildman–Crippen LogP) is 9.77. The van der Waals surface area contributed by atoms with Gasteiger partial charge in [0.25, 0.3) is 0 Å². The normalized spacial score (nSPS) is 17.0. The van der Waals surface area contributed by atoms with Crippen molar-refractivity contribution in [3.8, 4) is 16.9 Å². The van der Waals surface area contributed by atoms with Gasteiger partial charge in [0.05, 0.1) is 29.9 Å². The number of carbonyl (C=O) groups excluding carboxylic acids is 1. The Balaban J connectivity index is 1.46. The lowest BCUT2D eigenvalue weighted by molar-refractivity contribution is -0.115. The summed E-state index contributed by atoms with van der Waals surface area (Å²) < 4.78 is 6.64. The molecule has 8 nitrogen and oxygen atoms in total. The van der Waals surface area contributed by atoms with E-state index in [1.54, 1.807) is 25.4 Å². The molecule has 5 rings (SSSR count). The monoisotopic (exact) mass is 772 g/mol. The zero-order valence-corrected chi connectivity index (χ0v) is 32.6. The number of anilines is 4. The third-order valence-electron chi connectivity index (χ3n) is 8.30. The first-order valence-corrected chi connectivity index (χ1v) is 18.3. The van der Waals surface area contributed by atoms with Crippen LogP contribution in [0.2, 0.25) is 10.2 Å². The first-order chi connectivity index (χ1) is 22.6. The number of piperazine rings is 1. The van der Waals surface area contributed by atoms with E-state index in [0.29, 0.717) is 46.6 Å². The summed E-state index contributed by atoms with van der Waals surface area (Å²) in [5.41, 5.74) is 4.44. The Morgan fingerprint density at radius 1 is 1.06 bits per heavy atom. The minimum Gasteiger partial charge on any atom is -0.490 e. The van der Waals surface area contributed by atoms with Crippen LogP contribution in [-0.2, 0) is 11.2 Å². The Kier molecular flexibility index (Phi) is 11.3. The second kappa shape index (κ2) is 14.9. The summed E-state index contributed by atoms with van der Waals surface area (Å²) in [6.07, 6.45) is 0.318. The molecule has 0 saturated carbocycles. The molecule has 1 fully saturated rings. The van der Waals surface area contributed by atoms with Crippen molar-refractivity contribution in [1.82, 2.24) is 14.9 Å². The molecule has 12 heteroatoms. The fourth-order valence-electron chi connectivity index (χ4n) is 6.18. The van der Waals surface area contributed by atoms with Crippen LogP contribution < -0.4 is 20.3 Å². The largest absolute Gasteiger partial charge is 0.490 e. The molecule has 0 radical (unpaired) electrons. The fraction of sp³-hybridized carbons (Fsp3) is 0.417. The number of hydrogen-bond donors (Lipinski definition) is 2. The second-order valence-corrected chi connectivity index (χ2v) is 16.6. The Labute approximate surface area is 306 Å². The highest BCUT2D eigenvalue weighted by Gasteiger charge is 2.33. The zero-order valence-electron chi connectivity index (χ0n) is 28.7. The number of methoxy groups -OCH3 is 1. The molecule has 2 atom stereocenters. The van der Waals surface area contributed by atoms with Crippen LogP contribution in [0.4, 0.5) is 22.9 Å². The average molecular weight is 775 g/mol. The minimum atomic E-state index is -0.0656. The lowest BCUT2D eigenvalue weighted by Crippen LogP contribution is -2.58. The number of rotatable bonds is 9. The summed E-state index contributed by atoms with van der Waals surface area (Å²) in [4.78, 5) is 28.8. The molecule has 1 aliphatic heterocycles. The van der Waals surface area contributed by atoms with Crippen molar-refractivity contribution < 1.29 is 9.53 Å². The van der Waals surface area contributed by atoms with E-state index in [1.807, 2.05) is 49.4 Å². The predicted molar refractivity (Wildman–Crippen MR) is 205 cm³/mol. The van der Waals surface area contributed by atoms with E-state index in [9.17, 15) is 4.79 Å². The van der Waals surface area contributed by atoms with E-state index in [1.165, 1.54) is 0 Å². The van der Waals surface area contributed by atoms with Gasteiger partial charge in [0.1, 0.15) is 5.82 Å². The molecule has 3 heterocycles. The number of aromatic nitrogens is 2. The number of benzene rings is 2. The van der Waals surface area contributed by atoms with Gasteiger partial charge in [-0.25, -0.2) is 9.97 Å². The number of hydrogen-bond acceptors (Lipinski definition) is 8. The Hall–Kier alpha value is -2.89. The van der Waals surface area contributed by atoms with E-state index in [2.05, 4.69) is 80.9 Å². The van der Waals surface area contributed by atoms with E-state index < -0.39 is 0 Å². The van der Waals surface area contributed by atoms with Crippen LogP contribution >= 0.6 is 50.5 Å². The van der Waals surface area contributed by atoms with Crippen LogP contribution in [0.3, 0.4) is 0 Å². The molecule has 2 aromatic carbocycles. The van der Waals surface area contributed by atoms with Crippen LogP contribution in [0, 0.1) is 19.3 Å². The van der Waals surface area contributed by atoms with Gasteiger partial charge in [-0.3, -0.25) is 9.69 Å². The van der Waals surface area contributed by atoms with Gasteiger partial charge in [0.2, 0.25) is 5.91 Å². The molecule has 1 amide bonds. The van der Waals surface area contributed by atoms with Crippen LogP contribution in [0.25, 0.3) is 11.1 Å². The van der Waals surface area contributed by atoms with E-state index in [4.69, 9.17) is 27.9 Å². The van der Waals surface area contributed by atoms with Gasteiger partial charge < -0.3 is 20.3 Å². The van der Waals surface area contributed by atoms with Crippen molar-refractivity contribution in [2.24, 2.45) is 5.41 Å². The van der Waals surface area contributed by atoms with Crippen molar-refractivity contribution in [1.29, 1.82) is 0 Å². The highest BCUT2D eigenvalue weighted by Crippen LogP contribution is 2.42. The molecule has 256 valence electrons. The standard InChI is InChI=1S/C36H43BrCl2N6O2S/c1-20-17-44(18-21(2)45(20)19-36(5,6)7)31-16-29(38)27(15-30(31)43-35-33(47-8)34(39)40-23(4)41-35)24-9-11-25(12-10-24)42-32(46)14-26-13-28(37)22(3)48-26/h9-13,15-16,20-21H,14,17-19H2,1-8H3,(H,42,46)(H,40,41,43)/t20-,21+. The molecular weight excluding hydrogens is 731 g/mol. The van der Waals surface area contributed by atoms with Crippen LogP contribution in [-0.4, -0.2) is 59.6 Å². The molecule has 2 N–H and O–H groups in total. The van der Waals surface area contributed by atoms with Crippen molar-refractivity contribution in [2.75, 3.05) is 42.3 Å².